The van der Waals surface area contributed by atoms with Crippen molar-refractivity contribution in [2.75, 3.05) is 9.80 Å². The van der Waals surface area contributed by atoms with Crippen molar-refractivity contribution in [3.63, 3.8) is 0 Å². The van der Waals surface area contributed by atoms with Crippen LogP contribution in [0.2, 0.25) is 0 Å². The van der Waals surface area contributed by atoms with Gasteiger partial charge in [-0.3, -0.25) is 0 Å². The van der Waals surface area contributed by atoms with E-state index < -0.39 is 106 Å². The lowest BCUT2D eigenvalue weighted by Crippen LogP contribution is -2.61. The third kappa shape index (κ3) is 22.3. The molecule has 0 bridgehead atoms. The summed E-state index contributed by atoms with van der Waals surface area (Å²) >= 11 is 0. The Kier molecular flexibility index (Phi) is 20.7. The van der Waals surface area contributed by atoms with E-state index in [-0.39, 0.29) is 10.8 Å². The highest BCUT2D eigenvalue weighted by molar-refractivity contribution is 7.00. The molecule has 2 aromatic heterocycles. The van der Waals surface area contributed by atoms with Gasteiger partial charge in [-0.25, -0.2) is 0 Å². The van der Waals surface area contributed by atoms with Crippen LogP contribution in [0, 0.1) is 59.6 Å². The van der Waals surface area contributed by atoms with Crippen LogP contribution in [0.25, 0.3) is 99.5 Å². The lowest BCUT2D eigenvalue weighted by atomic mass is 9.33. The number of anilines is 6. The summed E-state index contributed by atoms with van der Waals surface area (Å²) < 4.78 is 167. The van der Waals surface area contributed by atoms with Crippen LogP contribution in [0.15, 0.2) is 243 Å². The fourth-order valence-corrected chi connectivity index (χ4v) is 21.1. The van der Waals surface area contributed by atoms with E-state index in [4.69, 9.17) is 0 Å². The van der Waals surface area contributed by atoms with E-state index in [2.05, 4.69) is 178 Å². The summed E-state index contributed by atoms with van der Waals surface area (Å²) in [7, 11) is 0. The predicted molar refractivity (Wildman–Crippen MR) is 606 cm³/mol. The summed E-state index contributed by atoms with van der Waals surface area (Å²) in [6, 6.07) is 83.4. The Morgan fingerprint density at radius 2 is 0.435 bits per heavy atom. The monoisotopic (exact) mass is 1840 g/mol. The van der Waals surface area contributed by atoms with Gasteiger partial charge in [-0.1, -0.05) is 362 Å². The van der Waals surface area contributed by atoms with Crippen LogP contribution < -0.4 is 26.2 Å². The Morgan fingerprint density at radius 3 is 0.659 bits per heavy atom. The second-order valence-electron chi connectivity index (χ2n) is 51.9. The zero-order valence-corrected chi connectivity index (χ0v) is 89.1. The van der Waals surface area contributed by atoms with Crippen LogP contribution in [0.1, 0.15) is 312 Å². The first-order chi connectivity index (χ1) is 70.3. The molecule has 2 aliphatic heterocycles. The van der Waals surface area contributed by atoms with Gasteiger partial charge in [-0.05, 0) is 339 Å². The highest BCUT2D eigenvalue weighted by atomic mass is 15.2. The van der Waals surface area contributed by atoms with E-state index in [0.717, 1.165) is 167 Å². The Balaban J connectivity index is 1.14. The number of hydrogen-bond acceptors (Lipinski definition) is 2. The van der Waals surface area contributed by atoms with Gasteiger partial charge in [0.15, 0.2) is 0 Å². The van der Waals surface area contributed by atoms with Crippen molar-refractivity contribution in [2.45, 2.75) is 299 Å². The van der Waals surface area contributed by atoms with Gasteiger partial charge in [-0.15, -0.1) is 0 Å². The van der Waals surface area contributed by atoms with E-state index in [0.29, 0.717) is 63.8 Å². The average Bonchev–Trinajstić information content (AvgIpc) is 0.922. The van der Waals surface area contributed by atoms with Crippen LogP contribution in [-0.2, 0) is 70.2 Å². The predicted octanol–water partition coefficient (Wildman–Crippen LogP) is 36.1. The number of rotatable bonds is 19. The van der Waals surface area contributed by atoms with Gasteiger partial charge in [0, 0.05) is 99.9 Å². The van der Waals surface area contributed by atoms with Crippen LogP contribution in [0.5, 0.6) is 0 Å². The maximum atomic E-state index is 10.3. The minimum absolute atomic E-state index is 0.317. The topological polar surface area (TPSA) is 16.3 Å². The molecule has 5 heteroatoms. The molecule has 17 rings (SSSR count). The quantitative estimate of drug-likeness (QED) is 0.0750. The second kappa shape index (κ2) is 35.7. The molecule has 0 fully saturated rings. The number of benzene rings is 13. The summed E-state index contributed by atoms with van der Waals surface area (Å²) in [5.41, 5.74) is 16.3. The molecule has 4 nitrogen and oxygen atoms in total. The summed E-state index contributed by atoms with van der Waals surface area (Å²) in [5, 5.41) is 2.93. The highest BCUT2D eigenvalue weighted by Crippen LogP contribution is 2.57. The molecule has 0 N–H and O–H groups in total. The van der Waals surface area contributed by atoms with Crippen molar-refractivity contribution in [3.05, 3.63) is 304 Å². The van der Waals surface area contributed by atoms with Crippen LogP contribution >= 0.6 is 0 Å². The Hall–Kier alpha value is -10.9. The van der Waals surface area contributed by atoms with Crippen molar-refractivity contribution < 1.29 is 21.9 Å². The number of fused-ring (bicyclic) bond motifs is 10. The third-order valence-corrected chi connectivity index (χ3v) is 25.0. The van der Waals surface area contributed by atoms with Gasteiger partial charge in [0.1, 0.15) is 0 Å². The van der Waals surface area contributed by atoms with Gasteiger partial charge in [0.05, 0.1) is 33.4 Å². The number of hydrogen-bond donors (Lipinski definition) is 0. The molecule has 138 heavy (non-hydrogen) atoms. The highest BCUT2D eigenvalue weighted by Gasteiger charge is 2.47. The number of aromatic nitrogens is 2. The van der Waals surface area contributed by atoms with Gasteiger partial charge < -0.3 is 18.9 Å². The second-order valence-corrected chi connectivity index (χ2v) is 51.9. The summed E-state index contributed by atoms with van der Waals surface area (Å²) in [6.07, 6.45) is -13.3. The zero-order valence-electron chi connectivity index (χ0n) is 105. The van der Waals surface area contributed by atoms with E-state index in [1.807, 2.05) is 312 Å². The normalized spacial score (nSPS) is 16.4. The fourth-order valence-electron chi connectivity index (χ4n) is 21.1. The van der Waals surface area contributed by atoms with Crippen LogP contribution in [0.3, 0.4) is 0 Å². The molecule has 0 atom stereocenters. The molecule has 0 aliphatic carbocycles. The van der Waals surface area contributed by atoms with Crippen LogP contribution in [0.4, 0.5) is 34.1 Å². The first kappa shape index (κ1) is 79.9. The van der Waals surface area contributed by atoms with Crippen molar-refractivity contribution in [1.82, 2.24) is 9.13 Å². The average molecular weight is 1840 g/mol. The minimum Gasteiger partial charge on any atom is -0.310 e. The summed E-state index contributed by atoms with van der Waals surface area (Å²) in [6.45, 7) is 65.8. The van der Waals surface area contributed by atoms with Crippen molar-refractivity contribution >= 4 is 101 Å². The van der Waals surface area contributed by atoms with Gasteiger partial charge >= 0.3 is 0 Å². The molecule has 716 valence electrons. The molecule has 0 spiro atoms. The smallest absolute Gasteiger partial charge is 0.252 e. The molecular weight excluding hydrogens is 1660 g/mol. The molecule has 13 aromatic carbocycles. The van der Waals surface area contributed by atoms with Crippen molar-refractivity contribution in [2.24, 2.45) is 59.6 Å². The molecule has 0 saturated heterocycles. The SMILES string of the molecule is [2H]C([2H])(c1cccc(-c2cc(CC(C)(C)C)cc(-c3cccc(C([2H])([2H])C(C)(C)C)c3)c2N2c3cc(-n4c5ccc(C([2H])([2H])C(C)(C)C)cc5c5cc(C([2H])([2H])C(C)(C)C)ccc54)ccc3B3c4ccc(-n5c6ccc(C([2H])([2H])C(C)(C)C)cc6c6cc(C([2H])([2H])C(C)(C)C)ccc65)cc4N(c4c(-c5cccc(C([2H])([2H])C(C)(C)C)c5)cc(CC(C)(C)C)cc4-c4cccc(C([2H])([2H])C(C)(C)C)c4)c4cc(CC(C)(C)C)cc2c43)c1)C(C)(C)C. The maximum Gasteiger partial charge on any atom is 0.252 e. The molecule has 0 radical (unpaired) electrons. The number of nitrogens with zero attached hydrogens (tertiary/aromatic N) is 4. The summed E-state index contributed by atoms with van der Waals surface area (Å²) in [5.74, 6) is 0. The maximum absolute atomic E-state index is 10.3. The minimum atomic E-state index is -1.89. The lowest BCUT2D eigenvalue weighted by molar-refractivity contribution is 0.410. The van der Waals surface area contributed by atoms with Crippen LogP contribution in [-0.4, -0.2) is 15.8 Å². The molecule has 4 heterocycles. The Labute approximate surface area is 854 Å². The lowest BCUT2D eigenvalue weighted by Gasteiger charge is -2.46. The first-order valence-electron chi connectivity index (χ1n) is 58.3. The van der Waals surface area contributed by atoms with E-state index in [1.165, 1.54) is 0 Å². The third-order valence-electron chi connectivity index (χ3n) is 25.0. The summed E-state index contributed by atoms with van der Waals surface area (Å²) in [4.78, 5) is 4.96. The van der Waals surface area contributed by atoms with Crippen molar-refractivity contribution in [1.29, 1.82) is 0 Å². The Bertz CT molecular complexity index is 7240. The van der Waals surface area contributed by atoms with Gasteiger partial charge in [0.25, 0.3) is 6.71 Å². The first-order valence-corrected chi connectivity index (χ1v) is 50.3. The molecule has 2 aliphatic rings. The van der Waals surface area contributed by atoms with E-state index in [9.17, 15) is 21.9 Å². The fraction of sp³-hybridized carbons (Fsp3) is 0.414. The molecular formula is C133H161BN4. The molecule has 0 unspecified atom stereocenters. The molecule has 0 saturated carbocycles. The van der Waals surface area contributed by atoms with Crippen molar-refractivity contribution in [3.8, 4) is 55.9 Å². The standard InChI is InChI=1S/C133H161BN4/c1-123(2,3)74-85-38-34-42-96(58-85)102-66-93(82-131(25,26)27)67-103(97-43-35-39-86(59-97)75-124(4,5)6)121(102)137-116-72-100(135-112-54-46-89(78-127(13,14)15)62-106(112)107-63-90(47-55-113(107)135)79-128(16,17)18)50-52-110(116)134-111-53-51-101(136-114-56-48-91(80-129(19,20)21)64-108(114)109-65-92(49-57-115(109)136)81-130(22,23)24)73-117(111)138(119-71-95(84-133(31,32)33)70-118(137)120(119)134)122-104(98-44-36-40-87(60-98)76-125(7,8)9)68-94(83-132(28,29)30)69-105(122)99-45-37-41-88(61-99)77-126(10,11)12/h34-73H,74-84H2,1-33H3/i74D2,75D2,76D2,77D2,78D2,79D2,80D2,81D2. The van der Waals surface area contributed by atoms with Gasteiger partial charge in [0.2, 0.25) is 0 Å². The zero-order chi connectivity index (χ0) is 114. The molecule has 0 amide bonds. The van der Waals surface area contributed by atoms with Gasteiger partial charge in [-0.2, -0.15) is 0 Å². The largest absolute Gasteiger partial charge is 0.310 e. The molecule has 15 aromatic rings. The Morgan fingerprint density at radius 1 is 0.210 bits per heavy atom. The van der Waals surface area contributed by atoms with E-state index in [1.54, 1.807) is 0 Å². The van der Waals surface area contributed by atoms with E-state index >= 15 is 0 Å².